The first-order chi connectivity index (χ1) is 11.9. The smallest absolute Gasteiger partial charge is 0.267 e. The number of hydrogen-bond acceptors (Lipinski definition) is 3. The predicted octanol–water partition coefficient (Wildman–Crippen LogP) is 2.59. The molecule has 128 valence electrons. The number of halogens is 3. The molecule has 2 aromatic carbocycles. The minimum absolute atomic E-state index is 0.501. The summed E-state index contributed by atoms with van der Waals surface area (Å²) in [5, 5.41) is 4.66. The molecule has 25 heavy (non-hydrogen) atoms. The third-order valence-corrected chi connectivity index (χ3v) is 3.66. The lowest BCUT2D eigenvalue weighted by Crippen LogP contribution is -2.43. The van der Waals surface area contributed by atoms with E-state index in [2.05, 4.69) is 5.10 Å². The minimum Gasteiger partial charge on any atom is -0.267 e. The average molecular weight is 347 g/mol. The van der Waals surface area contributed by atoms with Crippen molar-refractivity contribution < 1.29 is 13.2 Å². The summed E-state index contributed by atoms with van der Waals surface area (Å²) in [6.07, 6.45) is -4.97. The quantitative estimate of drug-likeness (QED) is 0.792. The van der Waals surface area contributed by atoms with Crippen molar-refractivity contribution in [1.82, 2.24) is 14.8 Å². The largest absolute Gasteiger partial charge is 0.440 e. The Balaban J connectivity index is 2.33. The second-order valence-corrected chi connectivity index (χ2v) is 5.27. The number of aromatic amines is 1. The van der Waals surface area contributed by atoms with Crippen molar-refractivity contribution in [2.75, 3.05) is 0 Å². The van der Waals surface area contributed by atoms with Crippen LogP contribution in [0.25, 0.3) is 0 Å². The number of hydrogen-bond donors (Lipinski definition) is 1. The summed E-state index contributed by atoms with van der Waals surface area (Å²) < 4.78 is 39.6. The molecule has 0 saturated heterocycles. The SMILES string of the molecule is O=c1[nH]nc(C(F)(F)F)c(=O)n1C(c1ccccc1)c1ccccc1. The molecule has 8 heteroatoms. The summed E-state index contributed by atoms with van der Waals surface area (Å²) in [6.45, 7) is 0. The van der Waals surface area contributed by atoms with Crippen molar-refractivity contribution in [2.24, 2.45) is 0 Å². The summed E-state index contributed by atoms with van der Waals surface area (Å²) >= 11 is 0. The highest BCUT2D eigenvalue weighted by Crippen LogP contribution is 2.27. The molecule has 0 aliphatic carbocycles. The van der Waals surface area contributed by atoms with E-state index in [0.29, 0.717) is 15.7 Å². The second kappa shape index (κ2) is 6.39. The zero-order chi connectivity index (χ0) is 18.0. The van der Waals surface area contributed by atoms with Crippen molar-refractivity contribution >= 4 is 0 Å². The van der Waals surface area contributed by atoms with Crippen LogP contribution in [-0.2, 0) is 6.18 Å². The fourth-order valence-electron chi connectivity index (χ4n) is 2.59. The molecule has 0 aliphatic heterocycles. The van der Waals surface area contributed by atoms with Crippen LogP contribution in [0.15, 0.2) is 70.3 Å². The number of H-pyrrole nitrogens is 1. The highest BCUT2D eigenvalue weighted by atomic mass is 19.4. The number of benzene rings is 2. The zero-order valence-electron chi connectivity index (χ0n) is 12.7. The van der Waals surface area contributed by atoms with Gasteiger partial charge in [-0.15, -0.1) is 0 Å². The Morgan fingerprint density at radius 2 is 1.36 bits per heavy atom. The highest BCUT2D eigenvalue weighted by molar-refractivity contribution is 5.32. The number of aromatic nitrogens is 3. The van der Waals surface area contributed by atoms with Gasteiger partial charge in [-0.3, -0.25) is 4.79 Å². The van der Waals surface area contributed by atoms with Gasteiger partial charge in [0.15, 0.2) is 0 Å². The van der Waals surface area contributed by atoms with Crippen LogP contribution in [0.3, 0.4) is 0 Å². The normalized spacial score (nSPS) is 11.7. The molecule has 0 radical (unpaired) electrons. The van der Waals surface area contributed by atoms with Gasteiger partial charge in [0.05, 0.1) is 6.04 Å². The Morgan fingerprint density at radius 3 is 1.80 bits per heavy atom. The standard InChI is InChI=1S/C17H12F3N3O2/c18-17(19,20)14-15(24)23(16(25)22-21-14)13(11-7-3-1-4-8-11)12-9-5-2-6-10-12/h1-10,13H,(H,22,25). The fraction of sp³-hybridized carbons (Fsp3) is 0.118. The van der Waals surface area contributed by atoms with E-state index in [1.807, 2.05) is 0 Å². The van der Waals surface area contributed by atoms with E-state index in [0.717, 1.165) is 0 Å². The lowest BCUT2D eigenvalue weighted by atomic mass is 9.98. The third-order valence-electron chi connectivity index (χ3n) is 3.66. The van der Waals surface area contributed by atoms with Crippen LogP contribution in [0.2, 0.25) is 0 Å². The van der Waals surface area contributed by atoms with E-state index in [9.17, 15) is 22.8 Å². The van der Waals surface area contributed by atoms with Gasteiger partial charge in [0.1, 0.15) is 0 Å². The van der Waals surface area contributed by atoms with E-state index in [4.69, 9.17) is 0 Å². The molecule has 0 saturated carbocycles. The molecule has 3 aromatic rings. The monoisotopic (exact) mass is 347 g/mol. The summed E-state index contributed by atoms with van der Waals surface area (Å²) in [4.78, 5) is 24.6. The van der Waals surface area contributed by atoms with Gasteiger partial charge in [-0.1, -0.05) is 60.7 Å². The molecular weight excluding hydrogens is 335 g/mol. The Hall–Kier alpha value is -3.16. The second-order valence-electron chi connectivity index (χ2n) is 5.27. The predicted molar refractivity (Wildman–Crippen MR) is 84.2 cm³/mol. The van der Waals surface area contributed by atoms with E-state index in [-0.39, 0.29) is 0 Å². The van der Waals surface area contributed by atoms with Gasteiger partial charge in [0, 0.05) is 0 Å². The molecule has 5 nitrogen and oxygen atoms in total. The van der Waals surface area contributed by atoms with Crippen molar-refractivity contribution in [2.45, 2.75) is 12.2 Å². The van der Waals surface area contributed by atoms with Crippen molar-refractivity contribution in [3.63, 3.8) is 0 Å². The van der Waals surface area contributed by atoms with E-state index in [1.54, 1.807) is 65.8 Å². The topological polar surface area (TPSA) is 67.8 Å². The maximum absolute atomic E-state index is 13.0. The first kappa shape index (κ1) is 16.7. The molecule has 0 fully saturated rings. The van der Waals surface area contributed by atoms with Crippen LogP contribution in [0.1, 0.15) is 22.9 Å². The first-order valence-electron chi connectivity index (χ1n) is 7.28. The maximum atomic E-state index is 13.0. The first-order valence-corrected chi connectivity index (χ1v) is 7.28. The molecule has 0 aliphatic rings. The molecule has 0 atom stereocenters. The Kier molecular flexibility index (Phi) is 4.26. The summed E-state index contributed by atoms with van der Waals surface area (Å²) in [6, 6.07) is 15.7. The lowest BCUT2D eigenvalue weighted by Gasteiger charge is -2.20. The number of nitrogens with one attached hydrogen (secondary N) is 1. The molecular formula is C17H12F3N3O2. The van der Waals surface area contributed by atoms with Gasteiger partial charge in [-0.05, 0) is 11.1 Å². The van der Waals surface area contributed by atoms with E-state index < -0.39 is 29.2 Å². The van der Waals surface area contributed by atoms with Gasteiger partial charge in [0.2, 0.25) is 5.69 Å². The fourth-order valence-corrected chi connectivity index (χ4v) is 2.59. The molecule has 3 rings (SSSR count). The van der Waals surface area contributed by atoms with Crippen LogP contribution in [0.5, 0.6) is 0 Å². The van der Waals surface area contributed by atoms with Crippen LogP contribution < -0.4 is 11.2 Å². The van der Waals surface area contributed by atoms with E-state index >= 15 is 0 Å². The Morgan fingerprint density at radius 1 is 0.880 bits per heavy atom. The Labute approximate surface area is 139 Å². The highest BCUT2D eigenvalue weighted by Gasteiger charge is 2.38. The molecule has 0 bridgehead atoms. The molecule has 0 spiro atoms. The molecule has 0 amide bonds. The summed E-state index contributed by atoms with van der Waals surface area (Å²) in [7, 11) is 0. The van der Waals surface area contributed by atoms with Crippen molar-refractivity contribution in [1.29, 1.82) is 0 Å². The Bertz CT molecular complexity index is 940. The van der Waals surface area contributed by atoms with Gasteiger partial charge in [0.25, 0.3) is 5.56 Å². The average Bonchev–Trinajstić information content (AvgIpc) is 2.59. The van der Waals surface area contributed by atoms with Crippen LogP contribution >= 0.6 is 0 Å². The maximum Gasteiger partial charge on any atom is 0.440 e. The molecule has 1 heterocycles. The third kappa shape index (κ3) is 3.23. The van der Waals surface area contributed by atoms with Gasteiger partial charge in [-0.2, -0.15) is 18.3 Å². The molecule has 1 N–H and O–H groups in total. The molecule has 0 unspecified atom stereocenters. The van der Waals surface area contributed by atoms with Crippen molar-refractivity contribution in [3.8, 4) is 0 Å². The number of alkyl halides is 3. The molecule has 1 aromatic heterocycles. The minimum atomic E-state index is -4.97. The van der Waals surface area contributed by atoms with Gasteiger partial charge < -0.3 is 0 Å². The van der Waals surface area contributed by atoms with Gasteiger partial charge in [-0.25, -0.2) is 14.5 Å². The van der Waals surface area contributed by atoms with Crippen LogP contribution in [0, 0.1) is 0 Å². The van der Waals surface area contributed by atoms with E-state index in [1.165, 1.54) is 0 Å². The van der Waals surface area contributed by atoms with Crippen LogP contribution in [0.4, 0.5) is 13.2 Å². The zero-order valence-corrected chi connectivity index (χ0v) is 12.7. The summed E-state index contributed by atoms with van der Waals surface area (Å²) in [5.74, 6) is 0. The van der Waals surface area contributed by atoms with Gasteiger partial charge >= 0.3 is 11.9 Å². The number of nitrogens with zero attached hydrogens (tertiary/aromatic N) is 2. The van der Waals surface area contributed by atoms with Crippen LogP contribution in [-0.4, -0.2) is 14.8 Å². The lowest BCUT2D eigenvalue weighted by molar-refractivity contribution is -0.143. The van der Waals surface area contributed by atoms with Crippen molar-refractivity contribution in [3.05, 3.63) is 98.3 Å². The summed E-state index contributed by atoms with van der Waals surface area (Å²) in [5.41, 5.74) is -3.17. The number of rotatable bonds is 3.